The molecule has 1 fully saturated rings. The van der Waals surface area contributed by atoms with Gasteiger partial charge in [-0.1, -0.05) is 27.5 Å². The first-order valence-electron chi connectivity index (χ1n) is 11.2. The predicted molar refractivity (Wildman–Crippen MR) is 131 cm³/mol. The standard InChI is InChI=1S/C26H20BrClN2O4/c27-14-1-4-20(28)13(9-14)10-15(31)11-19-24-18-12-16(2-5-21(18)34-25(19)24)33-22-7-8-29-26-17(22)3-6-23(32)30-26/h1-2,4-5,7-9,12,19,24-25H,3,6,10-11H2,(H,29,30,32)/t19-,24-,25+/m0/s1. The average Bonchev–Trinajstić information content (AvgIpc) is 3.32. The Hall–Kier alpha value is -2.90. The van der Waals surface area contributed by atoms with Crippen molar-refractivity contribution < 1.29 is 19.1 Å². The molecule has 3 heterocycles. The lowest BCUT2D eigenvalue weighted by Crippen LogP contribution is -2.20. The molecule has 2 aliphatic heterocycles. The number of rotatable bonds is 6. The molecule has 1 aromatic heterocycles. The van der Waals surface area contributed by atoms with Gasteiger partial charge in [0.2, 0.25) is 5.91 Å². The number of ether oxygens (including phenoxy) is 2. The molecular weight excluding hydrogens is 520 g/mol. The first kappa shape index (κ1) is 21.6. The summed E-state index contributed by atoms with van der Waals surface area (Å²) in [5.74, 6) is 3.29. The van der Waals surface area contributed by atoms with Gasteiger partial charge in [-0.2, -0.15) is 0 Å². The molecule has 1 saturated carbocycles. The lowest BCUT2D eigenvalue weighted by molar-refractivity contribution is -0.119. The number of pyridine rings is 1. The second-order valence-corrected chi connectivity index (χ2v) is 10.2. The van der Waals surface area contributed by atoms with Crippen LogP contribution in [0.25, 0.3) is 0 Å². The van der Waals surface area contributed by atoms with E-state index in [0.29, 0.717) is 48.0 Å². The van der Waals surface area contributed by atoms with Gasteiger partial charge in [0, 0.05) is 57.9 Å². The molecule has 3 aromatic rings. The Bertz CT molecular complexity index is 1340. The molecule has 6 rings (SSSR count). The number of Topliss-reactive ketones (excluding diaryl/α,β-unsaturated/α-hetero) is 1. The molecule has 1 amide bonds. The van der Waals surface area contributed by atoms with Crippen molar-refractivity contribution in [1.29, 1.82) is 0 Å². The Labute approximate surface area is 209 Å². The molecule has 0 saturated heterocycles. The molecule has 2 aromatic carbocycles. The number of ketones is 1. The van der Waals surface area contributed by atoms with Gasteiger partial charge in [0.1, 0.15) is 35.0 Å². The second kappa shape index (κ2) is 8.40. The van der Waals surface area contributed by atoms with E-state index in [0.717, 1.165) is 26.9 Å². The molecule has 1 N–H and O–H groups in total. The van der Waals surface area contributed by atoms with E-state index in [4.69, 9.17) is 21.1 Å². The molecule has 34 heavy (non-hydrogen) atoms. The Morgan fingerprint density at radius 1 is 1.21 bits per heavy atom. The average molecular weight is 540 g/mol. The lowest BCUT2D eigenvalue weighted by atomic mass is 10.0. The summed E-state index contributed by atoms with van der Waals surface area (Å²) in [7, 11) is 0. The van der Waals surface area contributed by atoms with Gasteiger partial charge >= 0.3 is 0 Å². The van der Waals surface area contributed by atoms with Crippen molar-refractivity contribution >= 4 is 45.0 Å². The zero-order chi connectivity index (χ0) is 23.4. The number of carbonyl (C=O) groups excluding carboxylic acids is 2. The normalized spacial score (nSPS) is 21.6. The largest absolute Gasteiger partial charge is 0.489 e. The van der Waals surface area contributed by atoms with E-state index in [1.807, 2.05) is 36.4 Å². The molecule has 0 bridgehead atoms. The first-order valence-corrected chi connectivity index (χ1v) is 12.3. The molecule has 0 radical (unpaired) electrons. The maximum Gasteiger partial charge on any atom is 0.225 e. The molecule has 0 spiro atoms. The van der Waals surface area contributed by atoms with E-state index in [-0.39, 0.29) is 29.6 Å². The smallest absolute Gasteiger partial charge is 0.225 e. The quantitative estimate of drug-likeness (QED) is 0.425. The van der Waals surface area contributed by atoms with Crippen molar-refractivity contribution in [3.8, 4) is 17.2 Å². The third-order valence-corrected chi connectivity index (χ3v) is 7.52. The van der Waals surface area contributed by atoms with Gasteiger partial charge in [-0.15, -0.1) is 0 Å². The highest BCUT2D eigenvalue weighted by atomic mass is 79.9. The zero-order valence-corrected chi connectivity index (χ0v) is 20.4. The molecule has 1 aliphatic carbocycles. The maximum atomic E-state index is 12.7. The minimum absolute atomic E-state index is 0.0330. The Morgan fingerprint density at radius 2 is 2.09 bits per heavy atom. The van der Waals surface area contributed by atoms with Crippen LogP contribution < -0.4 is 14.8 Å². The lowest BCUT2D eigenvalue weighted by Gasteiger charge is -2.19. The number of hydrogen-bond acceptors (Lipinski definition) is 5. The first-order chi connectivity index (χ1) is 16.5. The van der Waals surface area contributed by atoms with Crippen molar-refractivity contribution in [2.75, 3.05) is 5.32 Å². The van der Waals surface area contributed by atoms with Gasteiger partial charge in [-0.05, 0) is 54.4 Å². The molecule has 0 unspecified atom stereocenters. The Kier molecular flexibility index (Phi) is 5.34. The molecule has 6 nitrogen and oxygen atoms in total. The number of fused-ring (bicyclic) bond motifs is 4. The fourth-order valence-corrected chi connectivity index (χ4v) is 5.56. The minimum Gasteiger partial charge on any atom is -0.489 e. The highest BCUT2D eigenvalue weighted by molar-refractivity contribution is 9.10. The summed E-state index contributed by atoms with van der Waals surface area (Å²) in [6.45, 7) is 0. The van der Waals surface area contributed by atoms with Gasteiger partial charge in [0.25, 0.3) is 0 Å². The fraction of sp³-hybridized carbons (Fsp3) is 0.269. The van der Waals surface area contributed by atoms with E-state index < -0.39 is 0 Å². The maximum absolute atomic E-state index is 12.7. The number of halogens is 2. The summed E-state index contributed by atoms with van der Waals surface area (Å²) in [6.07, 6.45) is 3.45. The van der Waals surface area contributed by atoms with E-state index in [1.165, 1.54) is 0 Å². The van der Waals surface area contributed by atoms with Crippen LogP contribution in [0, 0.1) is 5.92 Å². The monoisotopic (exact) mass is 538 g/mol. The zero-order valence-electron chi connectivity index (χ0n) is 18.0. The van der Waals surface area contributed by atoms with Gasteiger partial charge in [-0.25, -0.2) is 4.98 Å². The summed E-state index contributed by atoms with van der Waals surface area (Å²) in [5.41, 5.74) is 2.82. The highest BCUT2D eigenvalue weighted by Gasteiger charge is 2.59. The molecule has 8 heteroatoms. The minimum atomic E-state index is -0.0330. The van der Waals surface area contributed by atoms with Crippen molar-refractivity contribution in [2.45, 2.75) is 37.7 Å². The Morgan fingerprint density at radius 3 is 2.97 bits per heavy atom. The van der Waals surface area contributed by atoms with Gasteiger partial charge < -0.3 is 14.8 Å². The molecule has 3 atom stereocenters. The molecule has 3 aliphatic rings. The summed E-state index contributed by atoms with van der Waals surface area (Å²) in [6, 6.07) is 13.2. The van der Waals surface area contributed by atoms with Crippen LogP contribution in [-0.2, 0) is 22.4 Å². The van der Waals surface area contributed by atoms with Crippen LogP contribution in [0.1, 0.15) is 35.4 Å². The highest BCUT2D eigenvalue weighted by Crippen LogP contribution is 2.60. The third kappa shape index (κ3) is 3.97. The van der Waals surface area contributed by atoms with Crippen molar-refractivity contribution in [2.24, 2.45) is 5.92 Å². The summed E-state index contributed by atoms with van der Waals surface area (Å²) < 4.78 is 13.2. The predicted octanol–water partition coefficient (Wildman–Crippen LogP) is 5.85. The number of carbonyl (C=O) groups is 2. The fourth-order valence-electron chi connectivity index (χ4n) is 4.96. The molecule has 172 valence electrons. The van der Waals surface area contributed by atoms with Crippen LogP contribution in [0.2, 0.25) is 5.02 Å². The Balaban J connectivity index is 1.15. The van der Waals surface area contributed by atoms with Crippen LogP contribution in [0.5, 0.6) is 17.2 Å². The van der Waals surface area contributed by atoms with Gasteiger partial charge in [0.15, 0.2) is 0 Å². The van der Waals surface area contributed by atoms with Crippen LogP contribution >= 0.6 is 27.5 Å². The van der Waals surface area contributed by atoms with Gasteiger partial charge in [-0.3, -0.25) is 9.59 Å². The van der Waals surface area contributed by atoms with E-state index >= 15 is 0 Å². The molecular formula is C26H20BrClN2O4. The number of nitrogens with one attached hydrogen (secondary N) is 1. The number of anilines is 1. The van der Waals surface area contributed by atoms with Crippen molar-refractivity contribution in [3.05, 3.63) is 74.8 Å². The van der Waals surface area contributed by atoms with Crippen LogP contribution in [0.3, 0.4) is 0 Å². The van der Waals surface area contributed by atoms with Crippen LogP contribution in [0.15, 0.2) is 53.1 Å². The number of aromatic nitrogens is 1. The van der Waals surface area contributed by atoms with E-state index in [1.54, 1.807) is 12.3 Å². The number of amides is 1. The van der Waals surface area contributed by atoms with Crippen molar-refractivity contribution in [1.82, 2.24) is 4.98 Å². The summed E-state index contributed by atoms with van der Waals surface area (Å²) in [4.78, 5) is 28.7. The van der Waals surface area contributed by atoms with Gasteiger partial charge in [0.05, 0.1) is 0 Å². The number of hydrogen-bond donors (Lipinski definition) is 1. The number of benzene rings is 2. The van der Waals surface area contributed by atoms with Crippen LogP contribution in [0.4, 0.5) is 5.82 Å². The number of nitrogens with zero attached hydrogens (tertiary/aromatic N) is 1. The van der Waals surface area contributed by atoms with E-state index in [9.17, 15) is 9.59 Å². The van der Waals surface area contributed by atoms with Crippen LogP contribution in [-0.4, -0.2) is 22.8 Å². The van der Waals surface area contributed by atoms with Crippen molar-refractivity contribution in [3.63, 3.8) is 0 Å². The SMILES string of the molecule is O=C(Cc1cc(Br)ccc1Cl)C[C@@H]1[C@H]2Oc3ccc(Oc4ccnc5c4CCC(=O)N5)cc3[C@@H]12. The second-order valence-electron chi connectivity index (χ2n) is 8.91. The van der Waals surface area contributed by atoms with E-state index in [2.05, 4.69) is 26.2 Å². The summed E-state index contributed by atoms with van der Waals surface area (Å²) in [5, 5.41) is 3.40. The summed E-state index contributed by atoms with van der Waals surface area (Å²) >= 11 is 9.69. The topological polar surface area (TPSA) is 77.5 Å². The third-order valence-electron chi connectivity index (χ3n) is 6.66.